The number of hydrogen-bond acceptors (Lipinski definition) is 4. The third-order valence-electron chi connectivity index (χ3n) is 5.40. The Labute approximate surface area is 162 Å². The minimum atomic E-state index is -0.321. The first kappa shape index (κ1) is 18.6. The van der Waals surface area contributed by atoms with Gasteiger partial charge >= 0.3 is 0 Å². The van der Waals surface area contributed by atoms with Crippen molar-refractivity contribution in [3.05, 3.63) is 47.5 Å². The van der Waals surface area contributed by atoms with Gasteiger partial charge in [0.25, 0.3) is 11.8 Å². The van der Waals surface area contributed by atoms with E-state index in [0.717, 1.165) is 12.8 Å². The maximum absolute atomic E-state index is 13.1. The summed E-state index contributed by atoms with van der Waals surface area (Å²) in [4.78, 5) is 28.9. The van der Waals surface area contributed by atoms with Gasteiger partial charge in [0, 0.05) is 32.8 Å². The summed E-state index contributed by atoms with van der Waals surface area (Å²) >= 11 is 0. The van der Waals surface area contributed by atoms with E-state index in [2.05, 4.69) is 5.10 Å². The Hall–Kier alpha value is -2.74. The number of aromatic nitrogens is 2. The molecule has 28 heavy (non-hydrogen) atoms. The van der Waals surface area contributed by atoms with Gasteiger partial charge in [-0.15, -0.1) is 0 Å². The number of amides is 2. The zero-order valence-electron chi connectivity index (χ0n) is 15.8. The molecule has 3 heterocycles. The summed E-state index contributed by atoms with van der Waals surface area (Å²) in [6.07, 6.45) is 2.93. The van der Waals surface area contributed by atoms with Crippen LogP contribution in [0.4, 0.5) is 4.39 Å². The molecule has 7 nitrogen and oxygen atoms in total. The number of benzene rings is 1. The van der Waals surface area contributed by atoms with Crippen molar-refractivity contribution in [1.82, 2.24) is 19.6 Å². The van der Waals surface area contributed by atoms with Crippen LogP contribution in [0.1, 0.15) is 28.9 Å². The maximum Gasteiger partial charge on any atom is 0.257 e. The van der Waals surface area contributed by atoms with Crippen molar-refractivity contribution < 1.29 is 18.7 Å². The topological polar surface area (TPSA) is 67.7 Å². The lowest BCUT2D eigenvalue weighted by atomic mass is 10.1. The second-order valence-corrected chi connectivity index (χ2v) is 7.15. The van der Waals surface area contributed by atoms with Gasteiger partial charge in [0.15, 0.2) is 0 Å². The molecule has 0 N–H and O–H groups in total. The van der Waals surface area contributed by atoms with E-state index in [4.69, 9.17) is 4.74 Å². The van der Waals surface area contributed by atoms with E-state index in [-0.39, 0.29) is 23.7 Å². The molecule has 0 bridgehead atoms. The highest BCUT2D eigenvalue weighted by molar-refractivity contribution is 5.95. The van der Waals surface area contributed by atoms with Crippen molar-refractivity contribution in [2.45, 2.75) is 25.9 Å². The average molecular weight is 386 g/mol. The molecule has 1 aromatic heterocycles. The number of ether oxygens (including phenoxy) is 1. The van der Waals surface area contributed by atoms with Gasteiger partial charge in [-0.05, 0) is 44.0 Å². The van der Waals surface area contributed by atoms with Crippen molar-refractivity contribution in [3.63, 3.8) is 0 Å². The van der Waals surface area contributed by atoms with Crippen LogP contribution in [-0.2, 0) is 9.53 Å². The van der Waals surface area contributed by atoms with Gasteiger partial charge in [-0.1, -0.05) is 0 Å². The summed E-state index contributed by atoms with van der Waals surface area (Å²) in [5.74, 6) is -0.389. The molecule has 1 aromatic carbocycles. The quantitative estimate of drug-likeness (QED) is 0.807. The Kier molecular flexibility index (Phi) is 5.13. The molecule has 2 saturated heterocycles. The first-order chi connectivity index (χ1) is 13.5. The number of halogens is 1. The molecule has 8 heteroatoms. The van der Waals surface area contributed by atoms with E-state index in [1.807, 2.05) is 6.92 Å². The Balaban J connectivity index is 1.41. The molecule has 2 aromatic rings. The smallest absolute Gasteiger partial charge is 0.257 e. The summed E-state index contributed by atoms with van der Waals surface area (Å²) in [6, 6.07) is 5.97. The molecule has 4 rings (SSSR count). The van der Waals surface area contributed by atoms with Crippen LogP contribution in [0, 0.1) is 12.7 Å². The lowest BCUT2D eigenvalue weighted by Crippen LogP contribution is -2.52. The van der Waals surface area contributed by atoms with Gasteiger partial charge in [0.2, 0.25) is 0 Å². The second-order valence-electron chi connectivity index (χ2n) is 7.15. The molecular formula is C20H23FN4O3. The van der Waals surface area contributed by atoms with E-state index in [0.29, 0.717) is 49.7 Å². The fourth-order valence-electron chi connectivity index (χ4n) is 3.74. The number of carbonyl (C=O) groups excluding carboxylic acids is 2. The highest BCUT2D eigenvalue weighted by atomic mass is 19.1. The van der Waals surface area contributed by atoms with Crippen molar-refractivity contribution in [3.8, 4) is 5.69 Å². The average Bonchev–Trinajstić information content (AvgIpc) is 3.38. The predicted molar refractivity (Wildman–Crippen MR) is 99.7 cm³/mol. The molecule has 2 amide bonds. The summed E-state index contributed by atoms with van der Waals surface area (Å²) in [5.41, 5.74) is 1.92. The Bertz CT molecular complexity index is 866. The molecule has 2 aliphatic heterocycles. The zero-order chi connectivity index (χ0) is 19.7. The summed E-state index contributed by atoms with van der Waals surface area (Å²) in [6.45, 7) is 4.45. The Morgan fingerprint density at radius 1 is 1.11 bits per heavy atom. The van der Waals surface area contributed by atoms with Crippen LogP contribution in [0.15, 0.2) is 30.5 Å². The molecule has 0 aliphatic carbocycles. The molecule has 0 unspecified atom stereocenters. The highest BCUT2D eigenvalue weighted by Gasteiger charge is 2.32. The van der Waals surface area contributed by atoms with Crippen molar-refractivity contribution in [2.24, 2.45) is 0 Å². The Morgan fingerprint density at radius 2 is 1.79 bits per heavy atom. The minimum Gasteiger partial charge on any atom is -0.368 e. The third kappa shape index (κ3) is 3.52. The number of nitrogens with zero attached hydrogens (tertiary/aromatic N) is 4. The Morgan fingerprint density at radius 3 is 2.43 bits per heavy atom. The minimum absolute atomic E-state index is 0.0323. The van der Waals surface area contributed by atoms with Crippen molar-refractivity contribution in [1.29, 1.82) is 0 Å². The van der Waals surface area contributed by atoms with Gasteiger partial charge in [0.1, 0.15) is 11.9 Å². The van der Waals surface area contributed by atoms with Gasteiger partial charge in [0.05, 0.1) is 23.1 Å². The number of hydrogen-bond donors (Lipinski definition) is 0. The highest BCUT2D eigenvalue weighted by Crippen LogP contribution is 2.19. The van der Waals surface area contributed by atoms with E-state index >= 15 is 0 Å². The van der Waals surface area contributed by atoms with Crippen LogP contribution in [-0.4, -0.2) is 70.3 Å². The molecule has 0 spiro atoms. The van der Waals surface area contributed by atoms with Crippen LogP contribution in [0.2, 0.25) is 0 Å². The molecule has 0 saturated carbocycles. The van der Waals surface area contributed by atoms with E-state index in [1.54, 1.807) is 32.8 Å². The number of piperazine rings is 1. The van der Waals surface area contributed by atoms with Gasteiger partial charge in [-0.3, -0.25) is 9.59 Å². The first-order valence-electron chi connectivity index (χ1n) is 9.55. The fourth-order valence-corrected chi connectivity index (χ4v) is 3.74. The van der Waals surface area contributed by atoms with Crippen LogP contribution in [0.25, 0.3) is 5.69 Å². The summed E-state index contributed by atoms with van der Waals surface area (Å²) < 4.78 is 20.2. The molecule has 0 radical (unpaired) electrons. The summed E-state index contributed by atoms with van der Waals surface area (Å²) in [7, 11) is 0. The monoisotopic (exact) mass is 386 g/mol. The van der Waals surface area contributed by atoms with Crippen LogP contribution in [0.5, 0.6) is 0 Å². The SMILES string of the molecule is Cc1c(C(=O)N2CCN(C(=O)[C@@H]3CCCO3)CC2)cnn1-c1ccc(F)cc1. The number of carbonyl (C=O) groups is 2. The van der Waals surface area contributed by atoms with Crippen LogP contribution in [0.3, 0.4) is 0 Å². The molecule has 1 atom stereocenters. The number of rotatable bonds is 3. The van der Waals surface area contributed by atoms with Crippen molar-refractivity contribution >= 4 is 11.8 Å². The largest absolute Gasteiger partial charge is 0.368 e. The normalized spacial score (nSPS) is 19.9. The van der Waals surface area contributed by atoms with Gasteiger partial charge in [-0.25, -0.2) is 9.07 Å². The second kappa shape index (κ2) is 7.71. The van der Waals surface area contributed by atoms with E-state index in [1.165, 1.54) is 12.1 Å². The van der Waals surface area contributed by atoms with E-state index < -0.39 is 0 Å². The van der Waals surface area contributed by atoms with Crippen molar-refractivity contribution in [2.75, 3.05) is 32.8 Å². The molecule has 2 fully saturated rings. The zero-order valence-corrected chi connectivity index (χ0v) is 15.8. The lowest BCUT2D eigenvalue weighted by molar-refractivity contribution is -0.142. The predicted octanol–water partition coefficient (Wildman–Crippen LogP) is 1.78. The van der Waals surface area contributed by atoms with Gasteiger partial charge in [-0.2, -0.15) is 5.10 Å². The fraction of sp³-hybridized carbons (Fsp3) is 0.450. The van der Waals surface area contributed by atoms with Gasteiger partial charge < -0.3 is 14.5 Å². The molecular weight excluding hydrogens is 363 g/mol. The first-order valence-corrected chi connectivity index (χ1v) is 9.55. The van der Waals surface area contributed by atoms with Crippen LogP contribution < -0.4 is 0 Å². The molecule has 148 valence electrons. The molecule has 2 aliphatic rings. The summed E-state index contributed by atoms with van der Waals surface area (Å²) in [5, 5.41) is 4.29. The lowest BCUT2D eigenvalue weighted by Gasteiger charge is -2.35. The van der Waals surface area contributed by atoms with Crippen LogP contribution >= 0.6 is 0 Å². The standard InChI is InChI=1S/C20H23FN4O3/c1-14-17(13-22-25(14)16-6-4-15(21)5-7-16)19(26)23-8-10-24(11-9-23)20(27)18-3-2-12-28-18/h4-7,13,18H,2-3,8-12H2,1H3/t18-/m0/s1. The third-order valence-corrected chi connectivity index (χ3v) is 5.40. The maximum atomic E-state index is 13.1. The van der Waals surface area contributed by atoms with E-state index in [9.17, 15) is 14.0 Å².